The molecule has 1 nitrogen and oxygen atoms in total. The molecule has 1 saturated heterocycles. The minimum Gasteiger partial charge on any atom is -0.301 e. The molecule has 0 bridgehead atoms. The number of hydrogen-bond acceptors (Lipinski definition) is 1. The fourth-order valence-electron chi connectivity index (χ4n) is 3.45. The largest absolute Gasteiger partial charge is 0.301 e. The van der Waals surface area contributed by atoms with E-state index in [4.69, 9.17) is 0 Å². The van der Waals surface area contributed by atoms with Crippen LogP contribution in [0.1, 0.15) is 32.8 Å². The number of allylic oxidation sites excluding steroid dienone is 6. The first-order chi connectivity index (χ1) is 12.2. The highest BCUT2D eigenvalue weighted by atomic mass is 15.1. The molecule has 1 aromatic rings. The van der Waals surface area contributed by atoms with Gasteiger partial charge in [-0.1, -0.05) is 72.9 Å². The lowest BCUT2D eigenvalue weighted by Gasteiger charge is -2.35. The fraction of sp³-hybridized carbons (Fsp3) is 0.333. The van der Waals surface area contributed by atoms with Gasteiger partial charge in [-0.05, 0) is 56.5 Å². The summed E-state index contributed by atoms with van der Waals surface area (Å²) in [6.07, 6.45) is 16.8. The maximum atomic E-state index is 2.43. The van der Waals surface area contributed by atoms with Crippen LogP contribution in [-0.2, 0) is 0 Å². The van der Waals surface area contributed by atoms with Crippen LogP contribution in [0.15, 0.2) is 83.5 Å². The van der Waals surface area contributed by atoms with Crippen molar-refractivity contribution >= 4 is 6.08 Å². The van der Waals surface area contributed by atoms with Crippen LogP contribution >= 0.6 is 0 Å². The van der Waals surface area contributed by atoms with Crippen LogP contribution in [0.5, 0.6) is 0 Å². The molecule has 1 heteroatoms. The molecule has 1 atom stereocenters. The third-order valence-electron chi connectivity index (χ3n) is 4.73. The Bertz CT molecular complexity index is 686. The van der Waals surface area contributed by atoms with Gasteiger partial charge in [0.25, 0.3) is 0 Å². The summed E-state index contributed by atoms with van der Waals surface area (Å²) in [6, 6.07) is 10.5. The van der Waals surface area contributed by atoms with E-state index in [9.17, 15) is 0 Å². The highest BCUT2D eigenvalue weighted by Crippen LogP contribution is 2.33. The summed E-state index contributed by atoms with van der Waals surface area (Å²) in [5.74, 6) is 0.436. The van der Waals surface area contributed by atoms with Crippen molar-refractivity contribution in [1.82, 2.24) is 4.90 Å². The lowest BCUT2D eigenvalue weighted by Crippen LogP contribution is -2.36. The Morgan fingerprint density at radius 2 is 1.92 bits per heavy atom. The van der Waals surface area contributed by atoms with Gasteiger partial charge in [-0.2, -0.15) is 0 Å². The predicted octanol–water partition coefficient (Wildman–Crippen LogP) is 6.05. The van der Waals surface area contributed by atoms with E-state index in [1.165, 1.54) is 22.3 Å². The van der Waals surface area contributed by atoms with Gasteiger partial charge in [-0.15, -0.1) is 0 Å². The van der Waals surface area contributed by atoms with Gasteiger partial charge in [0.15, 0.2) is 0 Å². The van der Waals surface area contributed by atoms with Gasteiger partial charge in [-0.25, -0.2) is 0 Å². The van der Waals surface area contributed by atoms with Crippen molar-refractivity contribution in [1.29, 1.82) is 0 Å². The van der Waals surface area contributed by atoms with Crippen molar-refractivity contribution in [2.75, 3.05) is 20.1 Å². The zero-order chi connectivity index (χ0) is 18.1. The van der Waals surface area contributed by atoms with Gasteiger partial charge in [0, 0.05) is 19.0 Å². The number of hydrogen-bond donors (Lipinski definition) is 0. The molecular weight excluding hydrogens is 302 g/mol. The Morgan fingerprint density at radius 3 is 2.56 bits per heavy atom. The number of piperidine rings is 1. The minimum absolute atomic E-state index is 0.436. The Morgan fingerprint density at radius 1 is 1.16 bits per heavy atom. The topological polar surface area (TPSA) is 3.24 Å². The molecule has 1 heterocycles. The van der Waals surface area contributed by atoms with Gasteiger partial charge in [0.1, 0.15) is 0 Å². The Kier molecular flexibility index (Phi) is 7.69. The van der Waals surface area contributed by atoms with E-state index in [-0.39, 0.29) is 0 Å². The van der Waals surface area contributed by atoms with Crippen molar-refractivity contribution in [2.45, 2.75) is 27.2 Å². The second kappa shape index (κ2) is 10.0. The monoisotopic (exact) mass is 333 g/mol. The van der Waals surface area contributed by atoms with Crippen LogP contribution in [0.25, 0.3) is 6.08 Å². The molecule has 1 aliphatic rings. The van der Waals surface area contributed by atoms with Gasteiger partial charge in [0.2, 0.25) is 0 Å². The van der Waals surface area contributed by atoms with E-state index in [2.05, 4.69) is 106 Å². The Hall–Kier alpha value is -2.12. The van der Waals surface area contributed by atoms with Gasteiger partial charge < -0.3 is 4.90 Å². The lowest BCUT2D eigenvalue weighted by atomic mass is 9.81. The average Bonchev–Trinajstić information content (AvgIpc) is 2.63. The summed E-state index contributed by atoms with van der Waals surface area (Å²) in [7, 11) is 2.22. The van der Waals surface area contributed by atoms with Crippen LogP contribution in [0.2, 0.25) is 0 Å². The van der Waals surface area contributed by atoms with E-state index < -0.39 is 0 Å². The summed E-state index contributed by atoms with van der Waals surface area (Å²) in [5, 5.41) is 0. The minimum atomic E-state index is 0.436. The molecule has 132 valence electrons. The molecule has 0 spiro atoms. The molecule has 1 aromatic carbocycles. The van der Waals surface area contributed by atoms with Crippen LogP contribution in [-0.4, -0.2) is 25.0 Å². The molecule has 2 rings (SSSR count). The molecule has 1 aliphatic heterocycles. The van der Waals surface area contributed by atoms with Gasteiger partial charge in [0.05, 0.1) is 0 Å². The van der Waals surface area contributed by atoms with E-state index >= 15 is 0 Å². The highest BCUT2D eigenvalue weighted by Gasteiger charge is 2.26. The number of nitrogens with zero attached hydrogens (tertiary/aromatic N) is 1. The SMILES string of the molecule is C/C=C1\C(=C/C/C=C/C)CN(C)CC1C(/C=C\c1ccccc1)=C/C. The lowest BCUT2D eigenvalue weighted by molar-refractivity contribution is 0.311. The first-order valence-electron chi connectivity index (χ1n) is 9.24. The molecule has 0 aromatic heterocycles. The van der Waals surface area contributed by atoms with Crippen LogP contribution in [0, 0.1) is 5.92 Å². The summed E-state index contributed by atoms with van der Waals surface area (Å²) >= 11 is 0. The van der Waals surface area contributed by atoms with Crippen molar-refractivity contribution in [2.24, 2.45) is 5.92 Å². The maximum absolute atomic E-state index is 2.43. The summed E-state index contributed by atoms with van der Waals surface area (Å²) < 4.78 is 0. The summed E-state index contributed by atoms with van der Waals surface area (Å²) in [5.41, 5.74) is 5.58. The molecule has 0 radical (unpaired) electrons. The molecule has 0 aliphatic carbocycles. The van der Waals surface area contributed by atoms with E-state index in [0.717, 1.165) is 19.5 Å². The second-order valence-corrected chi connectivity index (χ2v) is 6.56. The van der Waals surface area contributed by atoms with Gasteiger partial charge >= 0.3 is 0 Å². The number of likely N-dealkylation sites (N-methyl/N-ethyl adjacent to an activating group) is 1. The van der Waals surface area contributed by atoms with E-state index in [0.29, 0.717) is 5.92 Å². The normalized spacial score (nSPS) is 23.4. The maximum Gasteiger partial charge on any atom is 0.0230 e. The summed E-state index contributed by atoms with van der Waals surface area (Å²) in [6.45, 7) is 8.50. The molecule has 1 unspecified atom stereocenters. The predicted molar refractivity (Wildman–Crippen MR) is 111 cm³/mol. The molecule has 0 saturated carbocycles. The van der Waals surface area contributed by atoms with Crippen LogP contribution < -0.4 is 0 Å². The molecule has 25 heavy (non-hydrogen) atoms. The zero-order valence-electron chi connectivity index (χ0n) is 16.1. The Balaban J connectivity index is 2.27. The van der Waals surface area contributed by atoms with Crippen LogP contribution in [0.3, 0.4) is 0 Å². The van der Waals surface area contributed by atoms with Crippen molar-refractivity contribution in [3.05, 3.63) is 89.1 Å². The average molecular weight is 334 g/mol. The fourth-order valence-corrected chi connectivity index (χ4v) is 3.45. The Labute approximate surface area is 153 Å². The molecular formula is C24H31N. The van der Waals surface area contributed by atoms with Crippen molar-refractivity contribution in [3.63, 3.8) is 0 Å². The number of benzene rings is 1. The van der Waals surface area contributed by atoms with E-state index in [1.807, 2.05) is 0 Å². The molecule has 0 amide bonds. The third kappa shape index (κ3) is 5.44. The smallest absolute Gasteiger partial charge is 0.0230 e. The van der Waals surface area contributed by atoms with Crippen LogP contribution in [0.4, 0.5) is 0 Å². The zero-order valence-corrected chi connectivity index (χ0v) is 16.1. The second-order valence-electron chi connectivity index (χ2n) is 6.56. The molecule has 1 fully saturated rings. The number of likely N-dealkylation sites (tertiary alicyclic amines) is 1. The quantitative estimate of drug-likeness (QED) is 0.468. The molecule has 0 N–H and O–H groups in total. The number of rotatable bonds is 5. The van der Waals surface area contributed by atoms with Gasteiger partial charge in [-0.3, -0.25) is 0 Å². The van der Waals surface area contributed by atoms with E-state index in [1.54, 1.807) is 0 Å². The third-order valence-corrected chi connectivity index (χ3v) is 4.73. The van der Waals surface area contributed by atoms with Crippen molar-refractivity contribution < 1.29 is 0 Å². The first-order valence-corrected chi connectivity index (χ1v) is 9.24. The summed E-state index contributed by atoms with van der Waals surface area (Å²) in [4.78, 5) is 2.43. The highest BCUT2D eigenvalue weighted by molar-refractivity contribution is 5.55. The van der Waals surface area contributed by atoms with Crippen molar-refractivity contribution in [3.8, 4) is 0 Å². The standard InChI is InChI=1S/C24H31N/c1-5-8-10-15-22-18-25(4)19-24(23(22)7-3)21(6-2)17-16-20-13-11-9-12-14-20/h5-9,11-17,24H,10,18-19H2,1-4H3/b8-5+,17-16-,21-6+,22-15-,23-7+. The first kappa shape index (κ1) is 19.2.